The molecule has 1 aromatic carbocycles. The second-order valence-corrected chi connectivity index (χ2v) is 5.56. The highest BCUT2D eigenvalue weighted by atomic mass is 35.5. The van der Waals surface area contributed by atoms with Crippen LogP contribution in [0.1, 0.15) is 30.1 Å². The second-order valence-electron chi connectivity index (χ2n) is 4.77. The van der Waals surface area contributed by atoms with E-state index >= 15 is 0 Å². The zero-order valence-electron chi connectivity index (χ0n) is 10.7. The molecule has 0 spiro atoms. The zero-order valence-corrected chi connectivity index (χ0v) is 12.3. The molecular weight excluding hydrogens is 282 g/mol. The third kappa shape index (κ3) is 2.17. The van der Waals surface area contributed by atoms with Gasteiger partial charge in [0.15, 0.2) is 4.77 Å². The first-order valence-corrected chi connectivity index (χ1v) is 6.92. The summed E-state index contributed by atoms with van der Waals surface area (Å²) in [6.45, 7) is 1.96. The number of hydrogen-bond acceptors (Lipinski definition) is 3. The molecule has 19 heavy (non-hydrogen) atoms. The number of aromatic nitrogens is 3. The predicted molar refractivity (Wildman–Crippen MR) is 77.0 cm³/mol. The quantitative estimate of drug-likeness (QED) is 0.876. The van der Waals surface area contributed by atoms with Gasteiger partial charge in [0.05, 0.1) is 12.8 Å². The molecule has 6 heteroatoms. The number of aromatic amines is 1. The van der Waals surface area contributed by atoms with Crippen LogP contribution in [0, 0.1) is 11.7 Å². The molecular formula is C13H14ClN3OS. The highest BCUT2D eigenvalue weighted by Gasteiger charge is 2.30. The largest absolute Gasteiger partial charge is 0.495 e. The third-order valence-corrected chi connectivity index (χ3v) is 4.02. The van der Waals surface area contributed by atoms with Crippen LogP contribution < -0.4 is 4.74 Å². The average molecular weight is 296 g/mol. The van der Waals surface area contributed by atoms with E-state index in [1.807, 2.05) is 23.6 Å². The van der Waals surface area contributed by atoms with E-state index in [4.69, 9.17) is 28.6 Å². The monoisotopic (exact) mass is 295 g/mol. The molecule has 3 rings (SSSR count). The third-order valence-electron chi connectivity index (χ3n) is 3.34. The lowest BCUT2D eigenvalue weighted by Crippen LogP contribution is -2.03. The van der Waals surface area contributed by atoms with Crippen molar-refractivity contribution in [2.24, 2.45) is 0 Å². The van der Waals surface area contributed by atoms with Gasteiger partial charge in [0.1, 0.15) is 11.6 Å². The smallest absolute Gasteiger partial charge is 0.200 e. The number of halogens is 1. The standard InChI is InChI=1S/C13H14ClN3OS/c1-7-5-10(11(18-2)6-9(7)14)17-12(8-3-4-8)15-16-13(17)19/h5-6,8H,3-4H2,1-2H3,(H,16,19). The van der Waals surface area contributed by atoms with Crippen molar-refractivity contribution in [3.8, 4) is 11.4 Å². The number of ether oxygens (including phenoxy) is 1. The minimum atomic E-state index is 0.494. The van der Waals surface area contributed by atoms with E-state index in [0.717, 1.165) is 29.9 Å². The summed E-state index contributed by atoms with van der Waals surface area (Å²) in [6, 6.07) is 3.80. The van der Waals surface area contributed by atoms with E-state index in [1.54, 1.807) is 7.11 Å². The predicted octanol–water partition coefficient (Wildman–Crippen LogP) is 3.78. The zero-order chi connectivity index (χ0) is 13.6. The molecule has 0 atom stereocenters. The second kappa shape index (κ2) is 4.65. The lowest BCUT2D eigenvalue weighted by molar-refractivity contribution is 0.412. The summed E-state index contributed by atoms with van der Waals surface area (Å²) in [6.07, 6.45) is 2.32. The Hall–Kier alpha value is -1.33. The van der Waals surface area contributed by atoms with Gasteiger partial charge in [-0.15, -0.1) is 0 Å². The Balaban J connectivity index is 2.24. The van der Waals surface area contributed by atoms with Crippen molar-refractivity contribution < 1.29 is 4.74 Å². The molecule has 0 saturated heterocycles. The summed E-state index contributed by atoms with van der Waals surface area (Å²) >= 11 is 11.5. The van der Waals surface area contributed by atoms with Gasteiger partial charge >= 0.3 is 0 Å². The molecule has 1 N–H and O–H groups in total. The van der Waals surface area contributed by atoms with Gasteiger partial charge in [-0.1, -0.05) is 11.6 Å². The van der Waals surface area contributed by atoms with Crippen LogP contribution in [0.5, 0.6) is 5.75 Å². The topological polar surface area (TPSA) is 42.8 Å². The van der Waals surface area contributed by atoms with Crippen molar-refractivity contribution in [1.82, 2.24) is 14.8 Å². The van der Waals surface area contributed by atoms with Gasteiger partial charge in [-0.2, -0.15) is 5.10 Å². The van der Waals surface area contributed by atoms with Crippen LogP contribution in [0.15, 0.2) is 12.1 Å². The summed E-state index contributed by atoms with van der Waals surface area (Å²) in [5.74, 6) is 2.17. The van der Waals surface area contributed by atoms with E-state index in [9.17, 15) is 0 Å². The van der Waals surface area contributed by atoms with Crippen molar-refractivity contribution in [2.75, 3.05) is 7.11 Å². The summed E-state index contributed by atoms with van der Waals surface area (Å²) < 4.78 is 7.96. The fraction of sp³-hybridized carbons (Fsp3) is 0.385. The number of methoxy groups -OCH3 is 1. The number of H-pyrrole nitrogens is 1. The Morgan fingerprint density at radius 3 is 2.84 bits per heavy atom. The molecule has 0 bridgehead atoms. The molecule has 1 aliphatic rings. The van der Waals surface area contributed by atoms with Gasteiger partial charge in [0.2, 0.25) is 0 Å². The van der Waals surface area contributed by atoms with E-state index in [2.05, 4.69) is 10.2 Å². The molecule has 0 radical (unpaired) electrons. The lowest BCUT2D eigenvalue weighted by atomic mass is 10.2. The van der Waals surface area contributed by atoms with Crippen molar-refractivity contribution in [3.63, 3.8) is 0 Å². The maximum Gasteiger partial charge on any atom is 0.200 e. The minimum absolute atomic E-state index is 0.494. The minimum Gasteiger partial charge on any atom is -0.495 e. The highest BCUT2D eigenvalue weighted by molar-refractivity contribution is 7.71. The van der Waals surface area contributed by atoms with Crippen LogP contribution in [-0.4, -0.2) is 21.9 Å². The maximum absolute atomic E-state index is 6.14. The summed E-state index contributed by atoms with van der Waals surface area (Å²) in [4.78, 5) is 0. The number of aryl methyl sites for hydroxylation is 1. The summed E-state index contributed by atoms with van der Waals surface area (Å²) in [7, 11) is 1.63. The Kier molecular flexibility index (Phi) is 3.11. The molecule has 1 heterocycles. The maximum atomic E-state index is 6.14. The molecule has 1 saturated carbocycles. The van der Waals surface area contributed by atoms with Crippen LogP contribution in [0.2, 0.25) is 5.02 Å². The number of benzene rings is 1. The highest BCUT2D eigenvalue weighted by Crippen LogP contribution is 2.41. The van der Waals surface area contributed by atoms with E-state index < -0.39 is 0 Å². The number of nitrogens with one attached hydrogen (secondary N) is 1. The normalized spacial score (nSPS) is 14.7. The summed E-state index contributed by atoms with van der Waals surface area (Å²) in [5.41, 5.74) is 1.88. The SMILES string of the molecule is COc1cc(Cl)c(C)cc1-n1c(C2CC2)n[nH]c1=S. The number of nitrogens with zero attached hydrogens (tertiary/aromatic N) is 2. The van der Waals surface area contributed by atoms with Gasteiger partial charge in [-0.3, -0.25) is 9.67 Å². The Labute approximate surface area is 121 Å². The molecule has 1 fully saturated rings. The Bertz CT molecular complexity index is 688. The van der Waals surface area contributed by atoms with Crippen molar-refractivity contribution in [1.29, 1.82) is 0 Å². The van der Waals surface area contributed by atoms with Crippen LogP contribution in [-0.2, 0) is 0 Å². The Morgan fingerprint density at radius 1 is 1.47 bits per heavy atom. The first-order valence-electron chi connectivity index (χ1n) is 6.13. The molecule has 100 valence electrons. The van der Waals surface area contributed by atoms with Gasteiger partial charge < -0.3 is 4.74 Å². The number of rotatable bonds is 3. The molecule has 0 amide bonds. The first-order chi connectivity index (χ1) is 9.11. The summed E-state index contributed by atoms with van der Waals surface area (Å²) in [5, 5.41) is 7.89. The fourth-order valence-corrected chi connectivity index (χ4v) is 2.53. The van der Waals surface area contributed by atoms with Gasteiger partial charge in [-0.25, -0.2) is 0 Å². The van der Waals surface area contributed by atoms with Gasteiger partial charge in [0, 0.05) is 17.0 Å². The fourth-order valence-electron chi connectivity index (χ4n) is 2.14. The van der Waals surface area contributed by atoms with Crippen LogP contribution in [0.4, 0.5) is 0 Å². The van der Waals surface area contributed by atoms with Crippen molar-refractivity contribution in [2.45, 2.75) is 25.7 Å². The Morgan fingerprint density at radius 2 is 2.21 bits per heavy atom. The molecule has 1 aliphatic carbocycles. The van der Waals surface area contributed by atoms with Crippen LogP contribution in [0.25, 0.3) is 5.69 Å². The van der Waals surface area contributed by atoms with Crippen LogP contribution >= 0.6 is 23.8 Å². The van der Waals surface area contributed by atoms with Crippen molar-refractivity contribution in [3.05, 3.63) is 33.3 Å². The van der Waals surface area contributed by atoms with Crippen molar-refractivity contribution >= 4 is 23.8 Å². The molecule has 0 aliphatic heterocycles. The molecule has 0 unspecified atom stereocenters. The van der Waals surface area contributed by atoms with E-state index in [-0.39, 0.29) is 0 Å². The molecule has 4 nitrogen and oxygen atoms in total. The van der Waals surface area contributed by atoms with E-state index in [0.29, 0.717) is 21.5 Å². The average Bonchev–Trinajstić information content (AvgIpc) is 3.16. The van der Waals surface area contributed by atoms with E-state index in [1.165, 1.54) is 0 Å². The first kappa shape index (κ1) is 12.7. The van der Waals surface area contributed by atoms with Gasteiger partial charge in [0.25, 0.3) is 0 Å². The molecule has 2 aromatic rings. The lowest BCUT2D eigenvalue weighted by Gasteiger charge is -2.13. The number of hydrogen-bond donors (Lipinski definition) is 1. The van der Waals surface area contributed by atoms with Gasteiger partial charge in [-0.05, 0) is 43.6 Å². The molecule has 1 aromatic heterocycles. The van der Waals surface area contributed by atoms with Crippen LogP contribution in [0.3, 0.4) is 0 Å².